The van der Waals surface area contributed by atoms with E-state index in [1.165, 1.54) is 0 Å². The van der Waals surface area contributed by atoms with E-state index in [2.05, 4.69) is 10.3 Å². The molecule has 1 aromatic rings. The van der Waals surface area contributed by atoms with Crippen LogP contribution in [-0.2, 0) is 4.79 Å². The van der Waals surface area contributed by atoms with Gasteiger partial charge in [-0.3, -0.25) is 4.79 Å². The third-order valence-electron chi connectivity index (χ3n) is 2.04. The number of nitrogens with one attached hydrogen (secondary N) is 1. The van der Waals surface area contributed by atoms with Gasteiger partial charge in [-0.25, -0.2) is 4.98 Å². The van der Waals surface area contributed by atoms with Crippen molar-refractivity contribution in [1.29, 1.82) is 0 Å². The van der Waals surface area contributed by atoms with Crippen molar-refractivity contribution < 1.29 is 4.79 Å². The van der Waals surface area contributed by atoms with E-state index in [-0.39, 0.29) is 11.9 Å². The first-order valence-electron chi connectivity index (χ1n) is 4.72. The lowest BCUT2D eigenvalue weighted by Gasteiger charge is -2.13. The standard InChI is InChI=1S/C9H16N4O/c1-3-4-11-8(14)7(2)13-6-5-12-9(13)10/h5-7H,3-4H2,1-2H3,(H2,10,12)(H,11,14). The van der Waals surface area contributed by atoms with Gasteiger partial charge in [-0.2, -0.15) is 0 Å². The molecule has 0 saturated heterocycles. The molecule has 0 bridgehead atoms. The van der Waals surface area contributed by atoms with Gasteiger partial charge in [-0.05, 0) is 13.3 Å². The van der Waals surface area contributed by atoms with Crippen LogP contribution in [0.2, 0.25) is 0 Å². The number of imidazole rings is 1. The molecule has 1 heterocycles. The van der Waals surface area contributed by atoms with Gasteiger partial charge in [-0.15, -0.1) is 0 Å². The fourth-order valence-electron chi connectivity index (χ4n) is 1.17. The van der Waals surface area contributed by atoms with Crippen LogP contribution in [0.5, 0.6) is 0 Å². The summed E-state index contributed by atoms with van der Waals surface area (Å²) in [5.74, 6) is 0.334. The fraction of sp³-hybridized carbons (Fsp3) is 0.556. The van der Waals surface area contributed by atoms with Crippen LogP contribution in [0, 0.1) is 0 Å². The average Bonchev–Trinajstić information content (AvgIpc) is 2.59. The minimum atomic E-state index is -0.302. The van der Waals surface area contributed by atoms with Gasteiger partial charge in [0.2, 0.25) is 11.9 Å². The molecule has 1 amide bonds. The minimum Gasteiger partial charge on any atom is -0.369 e. The molecule has 0 radical (unpaired) electrons. The zero-order valence-electron chi connectivity index (χ0n) is 8.53. The Labute approximate surface area is 83.3 Å². The van der Waals surface area contributed by atoms with Gasteiger partial charge in [-0.1, -0.05) is 6.92 Å². The highest BCUT2D eigenvalue weighted by Gasteiger charge is 2.15. The molecular weight excluding hydrogens is 180 g/mol. The summed E-state index contributed by atoms with van der Waals surface area (Å²) in [4.78, 5) is 15.4. The zero-order valence-corrected chi connectivity index (χ0v) is 8.53. The number of rotatable bonds is 4. The Morgan fingerprint density at radius 3 is 3.00 bits per heavy atom. The first kappa shape index (κ1) is 10.6. The van der Waals surface area contributed by atoms with Crippen LogP contribution in [-0.4, -0.2) is 22.0 Å². The predicted octanol–water partition coefficient (Wildman–Crippen LogP) is 0.552. The average molecular weight is 196 g/mol. The van der Waals surface area contributed by atoms with Crippen molar-refractivity contribution in [2.75, 3.05) is 12.3 Å². The maximum absolute atomic E-state index is 11.5. The number of anilines is 1. The lowest BCUT2D eigenvalue weighted by Crippen LogP contribution is -2.31. The molecular formula is C9H16N4O. The van der Waals surface area contributed by atoms with Crippen molar-refractivity contribution >= 4 is 11.9 Å². The molecule has 1 rings (SSSR count). The molecule has 14 heavy (non-hydrogen) atoms. The van der Waals surface area contributed by atoms with Crippen molar-refractivity contribution in [2.24, 2.45) is 0 Å². The SMILES string of the molecule is CCCNC(=O)C(C)n1ccnc1N. The van der Waals surface area contributed by atoms with Gasteiger partial charge >= 0.3 is 0 Å². The Bertz CT molecular complexity index is 308. The summed E-state index contributed by atoms with van der Waals surface area (Å²) < 4.78 is 1.64. The molecule has 1 unspecified atom stereocenters. The van der Waals surface area contributed by atoms with E-state index in [0.717, 1.165) is 6.42 Å². The summed E-state index contributed by atoms with van der Waals surface area (Å²) in [6.07, 6.45) is 4.21. The Hall–Kier alpha value is -1.52. The van der Waals surface area contributed by atoms with Gasteiger partial charge < -0.3 is 15.6 Å². The smallest absolute Gasteiger partial charge is 0.242 e. The van der Waals surface area contributed by atoms with Gasteiger partial charge in [0.05, 0.1) is 0 Å². The molecule has 5 nitrogen and oxygen atoms in total. The largest absolute Gasteiger partial charge is 0.369 e. The summed E-state index contributed by atoms with van der Waals surface area (Å²) in [7, 11) is 0. The van der Waals surface area contributed by atoms with Gasteiger partial charge in [0.25, 0.3) is 0 Å². The zero-order chi connectivity index (χ0) is 10.6. The van der Waals surface area contributed by atoms with E-state index in [4.69, 9.17) is 5.73 Å². The highest BCUT2D eigenvalue weighted by Crippen LogP contribution is 2.10. The van der Waals surface area contributed by atoms with E-state index in [1.54, 1.807) is 23.9 Å². The quantitative estimate of drug-likeness (QED) is 0.738. The number of hydrogen-bond acceptors (Lipinski definition) is 3. The van der Waals surface area contributed by atoms with E-state index >= 15 is 0 Å². The summed E-state index contributed by atoms with van der Waals surface area (Å²) in [6.45, 7) is 4.50. The number of nitrogen functional groups attached to an aromatic ring is 1. The second-order valence-corrected chi connectivity index (χ2v) is 3.16. The Balaban J connectivity index is 2.61. The number of nitrogens with zero attached hydrogens (tertiary/aromatic N) is 2. The van der Waals surface area contributed by atoms with Crippen LogP contribution in [0.4, 0.5) is 5.95 Å². The fourth-order valence-corrected chi connectivity index (χ4v) is 1.17. The van der Waals surface area contributed by atoms with Crippen molar-refractivity contribution in [3.05, 3.63) is 12.4 Å². The lowest BCUT2D eigenvalue weighted by atomic mass is 10.3. The highest BCUT2D eigenvalue weighted by molar-refractivity contribution is 5.80. The maximum Gasteiger partial charge on any atom is 0.242 e. The van der Waals surface area contributed by atoms with Gasteiger partial charge in [0, 0.05) is 18.9 Å². The molecule has 0 aliphatic heterocycles. The van der Waals surface area contributed by atoms with Gasteiger partial charge in [0.1, 0.15) is 6.04 Å². The topological polar surface area (TPSA) is 72.9 Å². The van der Waals surface area contributed by atoms with E-state index in [9.17, 15) is 4.79 Å². The van der Waals surface area contributed by atoms with Crippen LogP contribution in [0.25, 0.3) is 0 Å². The lowest BCUT2D eigenvalue weighted by molar-refractivity contribution is -0.123. The second kappa shape index (κ2) is 4.64. The van der Waals surface area contributed by atoms with E-state index in [1.807, 2.05) is 6.92 Å². The predicted molar refractivity (Wildman–Crippen MR) is 54.7 cm³/mol. The van der Waals surface area contributed by atoms with Crippen LogP contribution in [0.3, 0.4) is 0 Å². The Kier molecular flexibility index (Phi) is 3.50. The molecule has 5 heteroatoms. The van der Waals surface area contributed by atoms with Crippen molar-refractivity contribution in [3.8, 4) is 0 Å². The number of carbonyl (C=O) groups excluding carboxylic acids is 1. The molecule has 1 aromatic heterocycles. The first-order valence-corrected chi connectivity index (χ1v) is 4.72. The molecule has 0 aromatic carbocycles. The van der Waals surface area contributed by atoms with E-state index in [0.29, 0.717) is 12.5 Å². The van der Waals surface area contributed by atoms with Crippen LogP contribution in [0.1, 0.15) is 26.3 Å². The van der Waals surface area contributed by atoms with Crippen LogP contribution >= 0.6 is 0 Å². The van der Waals surface area contributed by atoms with Crippen LogP contribution in [0.15, 0.2) is 12.4 Å². The van der Waals surface area contributed by atoms with Crippen molar-refractivity contribution in [3.63, 3.8) is 0 Å². The van der Waals surface area contributed by atoms with E-state index < -0.39 is 0 Å². The number of hydrogen-bond donors (Lipinski definition) is 2. The molecule has 0 aliphatic rings. The monoisotopic (exact) mass is 196 g/mol. The van der Waals surface area contributed by atoms with Gasteiger partial charge in [0.15, 0.2) is 0 Å². The third-order valence-corrected chi connectivity index (χ3v) is 2.04. The third kappa shape index (κ3) is 2.25. The molecule has 0 aliphatic carbocycles. The minimum absolute atomic E-state index is 0.0310. The number of nitrogens with two attached hydrogens (primary N) is 1. The van der Waals surface area contributed by atoms with Crippen molar-refractivity contribution in [1.82, 2.24) is 14.9 Å². The molecule has 0 saturated carbocycles. The molecule has 0 spiro atoms. The summed E-state index contributed by atoms with van der Waals surface area (Å²) in [5.41, 5.74) is 5.58. The van der Waals surface area contributed by atoms with Crippen molar-refractivity contribution in [2.45, 2.75) is 26.3 Å². The maximum atomic E-state index is 11.5. The Morgan fingerprint density at radius 1 is 1.79 bits per heavy atom. The second-order valence-electron chi connectivity index (χ2n) is 3.16. The normalized spacial score (nSPS) is 12.4. The summed E-state index contributed by atoms with van der Waals surface area (Å²) in [6, 6.07) is -0.302. The van der Waals surface area contributed by atoms with Crippen LogP contribution < -0.4 is 11.1 Å². The Morgan fingerprint density at radius 2 is 2.50 bits per heavy atom. The molecule has 1 atom stereocenters. The molecule has 3 N–H and O–H groups in total. The molecule has 0 fully saturated rings. The summed E-state index contributed by atoms with van der Waals surface area (Å²) in [5, 5.41) is 2.80. The summed E-state index contributed by atoms with van der Waals surface area (Å²) >= 11 is 0. The molecule has 78 valence electrons. The first-order chi connectivity index (χ1) is 6.66. The number of aromatic nitrogens is 2. The number of amides is 1. The number of carbonyl (C=O) groups is 1. The highest BCUT2D eigenvalue weighted by atomic mass is 16.2.